The van der Waals surface area contributed by atoms with Crippen molar-refractivity contribution < 1.29 is 14.6 Å². The van der Waals surface area contributed by atoms with E-state index in [0.29, 0.717) is 11.7 Å². The monoisotopic (exact) mass is 260 g/mol. The highest BCUT2D eigenvalue weighted by Gasteiger charge is 2.23. The minimum Gasteiger partial charge on any atom is -0.490 e. The molecule has 1 saturated carbocycles. The Kier molecular flexibility index (Phi) is 2.80. The number of rotatable bonds is 4. The first-order valence-corrected chi connectivity index (χ1v) is 6.69. The van der Waals surface area contributed by atoms with Gasteiger partial charge in [0.2, 0.25) is 0 Å². The molecule has 1 heterocycles. The molecule has 0 unspecified atom stereocenters. The van der Waals surface area contributed by atoms with Crippen molar-refractivity contribution in [3.05, 3.63) is 41.3 Å². The molecule has 0 aliphatic heterocycles. The van der Waals surface area contributed by atoms with Crippen LogP contribution in [0.1, 0.15) is 23.2 Å². The maximum absolute atomic E-state index is 10.8. The molecule has 2 aromatic rings. The van der Waals surface area contributed by atoms with Crippen molar-refractivity contribution >= 4 is 17.3 Å². The van der Waals surface area contributed by atoms with Crippen molar-refractivity contribution in [1.29, 1.82) is 0 Å². The van der Waals surface area contributed by atoms with E-state index in [4.69, 9.17) is 9.84 Å². The predicted octanol–water partition coefficient (Wildman–Crippen LogP) is 3.65. The van der Waals surface area contributed by atoms with Gasteiger partial charge in [0.1, 0.15) is 5.75 Å². The predicted molar refractivity (Wildman–Crippen MR) is 70.4 cm³/mol. The highest BCUT2D eigenvalue weighted by atomic mass is 32.1. The molecule has 1 aromatic heterocycles. The molecule has 0 radical (unpaired) electrons. The lowest BCUT2D eigenvalue weighted by molar-refractivity contribution is 0.0697. The van der Waals surface area contributed by atoms with Crippen LogP contribution in [-0.4, -0.2) is 17.2 Å². The van der Waals surface area contributed by atoms with Crippen molar-refractivity contribution in [3.63, 3.8) is 0 Å². The second-order valence-corrected chi connectivity index (χ2v) is 5.26. The number of ether oxygens (including phenoxy) is 1. The van der Waals surface area contributed by atoms with Gasteiger partial charge in [-0.1, -0.05) is 0 Å². The van der Waals surface area contributed by atoms with Crippen LogP contribution in [-0.2, 0) is 0 Å². The van der Waals surface area contributed by atoms with E-state index < -0.39 is 5.97 Å². The van der Waals surface area contributed by atoms with Crippen molar-refractivity contribution in [3.8, 4) is 16.2 Å². The first kappa shape index (κ1) is 11.3. The van der Waals surface area contributed by atoms with Crippen molar-refractivity contribution in [1.82, 2.24) is 0 Å². The fourth-order valence-electron chi connectivity index (χ4n) is 1.68. The molecule has 3 rings (SSSR count). The maximum atomic E-state index is 10.8. The zero-order valence-electron chi connectivity index (χ0n) is 9.63. The molecule has 0 bridgehead atoms. The fraction of sp³-hybridized carbons (Fsp3) is 0.214. The first-order chi connectivity index (χ1) is 8.72. The van der Waals surface area contributed by atoms with Crippen LogP contribution in [0.4, 0.5) is 0 Å². The van der Waals surface area contributed by atoms with E-state index >= 15 is 0 Å². The minimum absolute atomic E-state index is 0.341. The largest absolute Gasteiger partial charge is 0.490 e. The second-order valence-electron chi connectivity index (χ2n) is 4.35. The number of thiophene rings is 1. The van der Waals surface area contributed by atoms with Gasteiger partial charge >= 0.3 is 5.97 Å². The zero-order valence-corrected chi connectivity index (χ0v) is 10.4. The molecule has 1 N–H and O–H groups in total. The van der Waals surface area contributed by atoms with Crippen molar-refractivity contribution in [2.75, 3.05) is 0 Å². The summed E-state index contributed by atoms with van der Waals surface area (Å²) in [7, 11) is 0. The molecular formula is C14H12O3S. The second kappa shape index (κ2) is 4.46. The van der Waals surface area contributed by atoms with E-state index in [9.17, 15) is 4.79 Å². The minimum atomic E-state index is -0.883. The molecule has 0 atom stereocenters. The van der Waals surface area contributed by atoms with Crippen LogP contribution in [0, 0.1) is 0 Å². The molecule has 4 heteroatoms. The maximum Gasteiger partial charge on any atom is 0.336 e. The Hall–Kier alpha value is -1.81. The average Bonchev–Trinajstić information content (AvgIpc) is 3.04. The quantitative estimate of drug-likeness (QED) is 0.912. The summed E-state index contributed by atoms with van der Waals surface area (Å²) in [6.07, 6.45) is 2.69. The van der Waals surface area contributed by atoms with Gasteiger partial charge in [-0.2, -0.15) is 0 Å². The Morgan fingerprint density at radius 1 is 1.28 bits per heavy atom. The van der Waals surface area contributed by atoms with E-state index in [2.05, 4.69) is 0 Å². The standard InChI is InChI=1S/C14H12O3S/c15-14(16)10-7-13(18-8-10)9-1-3-11(4-2-9)17-12-5-6-12/h1-4,7-8,12H,5-6H2,(H,15,16). The normalized spacial score (nSPS) is 14.4. The van der Waals surface area contributed by atoms with Crippen LogP contribution in [0.2, 0.25) is 0 Å². The van der Waals surface area contributed by atoms with Gasteiger partial charge in [0.05, 0.1) is 11.7 Å². The summed E-state index contributed by atoms with van der Waals surface area (Å²) in [5.41, 5.74) is 1.36. The van der Waals surface area contributed by atoms with Crippen molar-refractivity contribution in [2.24, 2.45) is 0 Å². The molecule has 3 nitrogen and oxygen atoms in total. The SMILES string of the molecule is O=C(O)c1csc(-c2ccc(OC3CC3)cc2)c1. The van der Waals surface area contributed by atoms with E-state index in [1.807, 2.05) is 24.3 Å². The molecule has 0 saturated heterocycles. The number of aromatic carboxylic acids is 1. The Balaban J connectivity index is 1.79. The summed E-state index contributed by atoms with van der Waals surface area (Å²) in [5, 5.41) is 10.5. The molecular weight excluding hydrogens is 248 g/mol. The molecule has 0 amide bonds. The summed E-state index contributed by atoms with van der Waals surface area (Å²) >= 11 is 1.44. The number of carboxylic acid groups (broad SMARTS) is 1. The summed E-state index contributed by atoms with van der Waals surface area (Å²) in [4.78, 5) is 11.8. The van der Waals surface area contributed by atoms with Crippen LogP contribution >= 0.6 is 11.3 Å². The van der Waals surface area contributed by atoms with Crippen molar-refractivity contribution in [2.45, 2.75) is 18.9 Å². The van der Waals surface area contributed by atoms with E-state index in [-0.39, 0.29) is 0 Å². The summed E-state index contributed by atoms with van der Waals surface area (Å²) in [6, 6.07) is 9.51. The van der Waals surface area contributed by atoms with Gasteiger partial charge < -0.3 is 9.84 Å². The molecule has 1 aliphatic carbocycles. The molecule has 1 fully saturated rings. The number of carboxylic acids is 1. The van der Waals surface area contributed by atoms with Crippen LogP contribution in [0.3, 0.4) is 0 Å². The molecule has 1 aromatic carbocycles. The highest BCUT2D eigenvalue weighted by Crippen LogP contribution is 2.31. The Labute approximate surface area is 109 Å². The van der Waals surface area contributed by atoms with Crippen LogP contribution in [0.5, 0.6) is 5.75 Å². The van der Waals surface area contributed by atoms with Gasteiger partial charge in [0.25, 0.3) is 0 Å². The zero-order chi connectivity index (χ0) is 12.5. The first-order valence-electron chi connectivity index (χ1n) is 5.81. The Morgan fingerprint density at radius 2 is 2.00 bits per heavy atom. The van der Waals surface area contributed by atoms with Crippen LogP contribution in [0.25, 0.3) is 10.4 Å². The number of hydrogen-bond donors (Lipinski definition) is 1. The van der Waals surface area contributed by atoms with Gasteiger partial charge in [-0.25, -0.2) is 4.79 Å². The summed E-state index contributed by atoms with van der Waals surface area (Å²) < 4.78 is 5.67. The van der Waals surface area contributed by atoms with Crippen LogP contribution in [0.15, 0.2) is 35.7 Å². The lowest BCUT2D eigenvalue weighted by atomic mass is 10.1. The fourth-order valence-corrected chi connectivity index (χ4v) is 2.57. The van der Waals surface area contributed by atoms with Gasteiger partial charge in [0.15, 0.2) is 0 Å². The molecule has 18 heavy (non-hydrogen) atoms. The van der Waals surface area contributed by atoms with Gasteiger partial charge in [-0.3, -0.25) is 0 Å². The lowest BCUT2D eigenvalue weighted by Crippen LogP contribution is -1.95. The molecule has 0 spiro atoms. The van der Waals surface area contributed by atoms with E-state index in [1.54, 1.807) is 11.4 Å². The summed E-state index contributed by atoms with van der Waals surface area (Å²) in [5.74, 6) is 0.00227. The van der Waals surface area contributed by atoms with Crippen LogP contribution < -0.4 is 4.74 Å². The Morgan fingerprint density at radius 3 is 2.56 bits per heavy atom. The number of hydrogen-bond acceptors (Lipinski definition) is 3. The number of benzene rings is 1. The van der Waals surface area contributed by atoms with Gasteiger partial charge in [0, 0.05) is 10.3 Å². The Bertz CT molecular complexity index is 567. The van der Waals surface area contributed by atoms with E-state index in [0.717, 1.165) is 29.0 Å². The topological polar surface area (TPSA) is 46.5 Å². The average molecular weight is 260 g/mol. The van der Waals surface area contributed by atoms with E-state index in [1.165, 1.54) is 11.3 Å². The molecule has 92 valence electrons. The third-order valence-corrected chi connectivity index (χ3v) is 3.79. The smallest absolute Gasteiger partial charge is 0.336 e. The number of carbonyl (C=O) groups is 1. The van der Waals surface area contributed by atoms with Gasteiger partial charge in [-0.05, 0) is 48.7 Å². The lowest BCUT2D eigenvalue weighted by Gasteiger charge is -2.04. The van der Waals surface area contributed by atoms with Gasteiger partial charge in [-0.15, -0.1) is 11.3 Å². The third kappa shape index (κ3) is 2.38. The summed E-state index contributed by atoms with van der Waals surface area (Å²) in [6.45, 7) is 0. The third-order valence-electron chi connectivity index (χ3n) is 2.81. The molecule has 1 aliphatic rings. The highest BCUT2D eigenvalue weighted by molar-refractivity contribution is 7.13.